The van der Waals surface area contributed by atoms with Gasteiger partial charge in [0.15, 0.2) is 11.6 Å². The first kappa shape index (κ1) is 13.9. The Morgan fingerprint density at radius 1 is 1.00 bits per heavy atom. The molecule has 2 aromatic rings. The molecule has 6 heteroatoms. The van der Waals surface area contributed by atoms with Gasteiger partial charge >= 0.3 is 5.97 Å². The summed E-state index contributed by atoms with van der Waals surface area (Å²) in [6.07, 6.45) is 0. The summed E-state index contributed by atoms with van der Waals surface area (Å²) in [7, 11) is 0. The molecule has 0 atom stereocenters. The van der Waals surface area contributed by atoms with E-state index in [0.717, 1.165) is 6.07 Å². The maximum atomic E-state index is 13.4. The predicted molar refractivity (Wildman–Crippen MR) is 64.0 cm³/mol. The summed E-state index contributed by atoms with van der Waals surface area (Å²) < 4.78 is 44.8. The van der Waals surface area contributed by atoms with E-state index >= 15 is 0 Å². The number of aromatic carboxylic acids is 1. The Morgan fingerprint density at radius 3 is 2.20 bits per heavy atom. The highest BCUT2D eigenvalue weighted by molar-refractivity contribution is 5.87. The fourth-order valence-corrected chi connectivity index (χ4v) is 1.55. The first-order valence-electron chi connectivity index (χ1n) is 5.57. The minimum absolute atomic E-state index is 0.0560. The molecule has 0 aromatic heterocycles. The van der Waals surface area contributed by atoms with Crippen molar-refractivity contribution in [2.24, 2.45) is 0 Å². The van der Waals surface area contributed by atoms with Crippen LogP contribution in [0.25, 0.3) is 0 Å². The zero-order chi connectivity index (χ0) is 14.7. The van der Waals surface area contributed by atoms with E-state index in [1.807, 2.05) is 0 Å². The molecule has 1 N–H and O–H groups in total. The first-order valence-corrected chi connectivity index (χ1v) is 5.57. The second-order valence-corrected chi connectivity index (χ2v) is 3.94. The predicted octanol–water partition coefficient (Wildman–Crippen LogP) is 3.38. The van der Waals surface area contributed by atoms with Crippen molar-refractivity contribution in [3.05, 3.63) is 65.0 Å². The van der Waals surface area contributed by atoms with Crippen molar-refractivity contribution in [3.8, 4) is 5.75 Å². The van der Waals surface area contributed by atoms with Crippen LogP contribution in [0.5, 0.6) is 5.75 Å². The van der Waals surface area contributed by atoms with Crippen LogP contribution in [0.1, 0.15) is 15.9 Å². The number of ether oxygens (including phenoxy) is 1. The largest absolute Gasteiger partial charge is 0.489 e. The van der Waals surface area contributed by atoms with E-state index in [0.29, 0.717) is 6.07 Å². The van der Waals surface area contributed by atoms with Crippen LogP contribution in [0.15, 0.2) is 36.4 Å². The highest BCUT2D eigenvalue weighted by Crippen LogP contribution is 2.19. The number of hydrogen-bond acceptors (Lipinski definition) is 2. The van der Waals surface area contributed by atoms with E-state index in [-0.39, 0.29) is 11.3 Å². The Bertz CT molecular complexity index is 639. The van der Waals surface area contributed by atoms with Gasteiger partial charge < -0.3 is 9.84 Å². The van der Waals surface area contributed by atoms with Gasteiger partial charge in [0.1, 0.15) is 18.2 Å². The van der Waals surface area contributed by atoms with Crippen LogP contribution in [0.3, 0.4) is 0 Å². The van der Waals surface area contributed by atoms with Crippen molar-refractivity contribution in [2.45, 2.75) is 6.61 Å². The molecule has 0 radical (unpaired) electrons. The molecule has 0 amide bonds. The SMILES string of the molecule is O=C(O)c1ccc(OCc2c(F)ccc(F)c2F)cc1. The molecule has 0 aliphatic heterocycles. The maximum Gasteiger partial charge on any atom is 0.335 e. The molecule has 104 valence electrons. The summed E-state index contributed by atoms with van der Waals surface area (Å²) >= 11 is 0. The molecule has 3 nitrogen and oxygen atoms in total. The van der Waals surface area contributed by atoms with E-state index in [2.05, 4.69) is 0 Å². The van der Waals surface area contributed by atoms with E-state index in [4.69, 9.17) is 9.84 Å². The summed E-state index contributed by atoms with van der Waals surface area (Å²) in [6.45, 7) is -0.498. The fourth-order valence-electron chi connectivity index (χ4n) is 1.55. The van der Waals surface area contributed by atoms with Gasteiger partial charge in [-0.2, -0.15) is 0 Å². The summed E-state index contributed by atoms with van der Waals surface area (Å²) in [5.41, 5.74) is -0.465. The lowest BCUT2D eigenvalue weighted by Gasteiger charge is -2.08. The summed E-state index contributed by atoms with van der Waals surface area (Å²) in [4.78, 5) is 10.6. The molecular weight excluding hydrogens is 273 g/mol. The van der Waals surface area contributed by atoms with Crippen molar-refractivity contribution in [1.82, 2.24) is 0 Å². The van der Waals surface area contributed by atoms with Gasteiger partial charge in [0.25, 0.3) is 0 Å². The third-order valence-corrected chi connectivity index (χ3v) is 2.62. The lowest BCUT2D eigenvalue weighted by molar-refractivity contribution is 0.0697. The topological polar surface area (TPSA) is 46.5 Å². The number of carboxylic acid groups (broad SMARTS) is 1. The Balaban J connectivity index is 2.13. The van der Waals surface area contributed by atoms with Crippen molar-refractivity contribution >= 4 is 5.97 Å². The standard InChI is InChI=1S/C14H9F3O3/c15-11-5-6-12(16)13(17)10(11)7-20-9-3-1-8(2-4-9)14(18)19/h1-6H,7H2,(H,18,19). The number of carboxylic acids is 1. The van der Waals surface area contributed by atoms with Crippen molar-refractivity contribution < 1.29 is 27.8 Å². The minimum atomic E-state index is -1.30. The Labute approximate surface area is 112 Å². The van der Waals surface area contributed by atoms with E-state index < -0.39 is 35.6 Å². The molecule has 0 bridgehead atoms. The molecule has 2 aromatic carbocycles. The zero-order valence-electron chi connectivity index (χ0n) is 10.1. The number of carbonyl (C=O) groups is 1. The van der Waals surface area contributed by atoms with Crippen LogP contribution in [-0.4, -0.2) is 11.1 Å². The third kappa shape index (κ3) is 2.90. The number of rotatable bonds is 4. The Morgan fingerprint density at radius 2 is 1.60 bits per heavy atom. The summed E-state index contributed by atoms with van der Waals surface area (Å²) in [5.74, 6) is -4.25. The molecule has 0 aliphatic carbocycles. The monoisotopic (exact) mass is 282 g/mol. The van der Waals surface area contributed by atoms with Gasteiger partial charge in [0.05, 0.1) is 11.1 Å². The van der Waals surface area contributed by atoms with Crippen LogP contribution in [0.2, 0.25) is 0 Å². The molecule has 2 rings (SSSR count). The molecule has 0 heterocycles. The van der Waals surface area contributed by atoms with Gasteiger partial charge in [-0.15, -0.1) is 0 Å². The molecule has 0 saturated heterocycles. The van der Waals surface area contributed by atoms with Crippen LogP contribution < -0.4 is 4.74 Å². The zero-order valence-corrected chi connectivity index (χ0v) is 10.1. The second-order valence-electron chi connectivity index (χ2n) is 3.94. The first-order chi connectivity index (χ1) is 9.49. The molecule has 0 unspecified atom stereocenters. The van der Waals surface area contributed by atoms with E-state index in [9.17, 15) is 18.0 Å². The maximum absolute atomic E-state index is 13.4. The van der Waals surface area contributed by atoms with Gasteiger partial charge in [-0.25, -0.2) is 18.0 Å². The smallest absolute Gasteiger partial charge is 0.335 e. The fraction of sp³-hybridized carbons (Fsp3) is 0.0714. The molecule has 0 spiro atoms. The third-order valence-electron chi connectivity index (χ3n) is 2.62. The molecular formula is C14H9F3O3. The highest BCUT2D eigenvalue weighted by atomic mass is 19.2. The molecule has 20 heavy (non-hydrogen) atoms. The van der Waals surface area contributed by atoms with Gasteiger partial charge in [-0.1, -0.05) is 0 Å². The van der Waals surface area contributed by atoms with Crippen molar-refractivity contribution in [3.63, 3.8) is 0 Å². The van der Waals surface area contributed by atoms with Crippen LogP contribution >= 0.6 is 0 Å². The summed E-state index contributed by atoms with van der Waals surface area (Å²) in [6, 6.07) is 6.77. The number of benzene rings is 2. The Kier molecular flexibility index (Phi) is 3.93. The lowest BCUT2D eigenvalue weighted by atomic mass is 10.2. The normalized spacial score (nSPS) is 10.3. The van der Waals surface area contributed by atoms with Crippen LogP contribution in [0, 0.1) is 17.5 Å². The van der Waals surface area contributed by atoms with Crippen molar-refractivity contribution in [2.75, 3.05) is 0 Å². The van der Waals surface area contributed by atoms with Gasteiger partial charge in [-0.05, 0) is 36.4 Å². The second kappa shape index (κ2) is 5.64. The number of halogens is 3. The van der Waals surface area contributed by atoms with Gasteiger partial charge in [0.2, 0.25) is 0 Å². The number of hydrogen-bond donors (Lipinski definition) is 1. The summed E-state index contributed by atoms with van der Waals surface area (Å²) in [5, 5.41) is 8.71. The van der Waals surface area contributed by atoms with E-state index in [1.165, 1.54) is 24.3 Å². The Hall–Kier alpha value is -2.50. The van der Waals surface area contributed by atoms with Crippen LogP contribution in [-0.2, 0) is 6.61 Å². The minimum Gasteiger partial charge on any atom is -0.489 e. The highest BCUT2D eigenvalue weighted by Gasteiger charge is 2.14. The molecule has 0 fully saturated rings. The van der Waals surface area contributed by atoms with Crippen LogP contribution in [0.4, 0.5) is 13.2 Å². The van der Waals surface area contributed by atoms with E-state index in [1.54, 1.807) is 0 Å². The van der Waals surface area contributed by atoms with Gasteiger partial charge in [0, 0.05) is 0 Å². The lowest BCUT2D eigenvalue weighted by Crippen LogP contribution is -2.04. The molecule has 0 aliphatic rings. The average molecular weight is 282 g/mol. The quantitative estimate of drug-likeness (QED) is 0.874. The van der Waals surface area contributed by atoms with Crippen molar-refractivity contribution in [1.29, 1.82) is 0 Å². The van der Waals surface area contributed by atoms with Gasteiger partial charge in [-0.3, -0.25) is 0 Å². The molecule has 0 saturated carbocycles. The average Bonchev–Trinajstić information content (AvgIpc) is 2.43.